The first-order chi connectivity index (χ1) is 7.41. The van der Waals surface area contributed by atoms with Gasteiger partial charge in [0.15, 0.2) is 5.96 Å². The summed E-state index contributed by atoms with van der Waals surface area (Å²) in [6.07, 6.45) is 3.70. The average molecular weight is 355 g/mol. The van der Waals surface area contributed by atoms with Crippen molar-refractivity contribution in [2.75, 3.05) is 6.54 Å². The molecule has 3 nitrogen and oxygen atoms in total. The highest BCUT2D eigenvalue weighted by atomic mass is 127. The van der Waals surface area contributed by atoms with Gasteiger partial charge in [-0.05, 0) is 25.2 Å². The number of nitrogens with zero attached hydrogens (tertiary/aromatic N) is 1. The van der Waals surface area contributed by atoms with Gasteiger partial charge in [-0.3, -0.25) is 4.99 Å². The van der Waals surface area contributed by atoms with Gasteiger partial charge in [-0.25, -0.2) is 0 Å². The molecule has 0 aromatic heterocycles. The van der Waals surface area contributed by atoms with Crippen molar-refractivity contribution in [3.05, 3.63) is 0 Å². The maximum atomic E-state index is 5.79. The lowest BCUT2D eigenvalue weighted by molar-refractivity contribution is 0.493. The Morgan fingerprint density at radius 1 is 1.06 bits per heavy atom. The summed E-state index contributed by atoms with van der Waals surface area (Å²) in [6, 6.07) is 0.426. The molecule has 1 atom stereocenters. The van der Waals surface area contributed by atoms with Crippen molar-refractivity contribution in [2.45, 2.75) is 59.9 Å². The fraction of sp³-hybridized carbons (Fsp3) is 0.923. The summed E-state index contributed by atoms with van der Waals surface area (Å²) in [5, 5.41) is 3.24. The van der Waals surface area contributed by atoms with E-state index < -0.39 is 0 Å². The number of nitrogens with two attached hydrogens (primary N) is 1. The summed E-state index contributed by atoms with van der Waals surface area (Å²) in [5.74, 6) is 1.95. The maximum absolute atomic E-state index is 5.79. The Bertz CT molecular complexity index is 203. The predicted molar refractivity (Wildman–Crippen MR) is 88.0 cm³/mol. The van der Waals surface area contributed by atoms with E-state index in [0.717, 1.165) is 18.9 Å². The SMILES string of the molecule is CC(C)CCCC(C)NC(N)=NCC(C)C.I. The quantitative estimate of drug-likeness (QED) is 0.418. The van der Waals surface area contributed by atoms with Crippen molar-refractivity contribution in [1.29, 1.82) is 0 Å². The highest BCUT2D eigenvalue weighted by Gasteiger charge is 2.03. The summed E-state index contributed by atoms with van der Waals surface area (Å²) < 4.78 is 0. The van der Waals surface area contributed by atoms with Crippen LogP contribution in [0.2, 0.25) is 0 Å². The second-order valence-corrected chi connectivity index (χ2v) is 5.49. The zero-order valence-electron chi connectivity index (χ0n) is 12.0. The molecule has 0 aromatic rings. The van der Waals surface area contributed by atoms with E-state index in [-0.39, 0.29) is 24.0 Å². The number of hydrogen-bond donors (Lipinski definition) is 2. The van der Waals surface area contributed by atoms with Crippen molar-refractivity contribution >= 4 is 29.9 Å². The zero-order chi connectivity index (χ0) is 12.6. The van der Waals surface area contributed by atoms with Crippen molar-refractivity contribution in [3.8, 4) is 0 Å². The van der Waals surface area contributed by atoms with Gasteiger partial charge in [0, 0.05) is 12.6 Å². The molecule has 0 rings (SSSR count). The lowest BCUT2D eigenvalue weighted by atomic mass is 10.0. The molecule has 17 heavy (non-hydrogen) atoms. The molecule has 3 N–H and O–H groups in total. The molecule has 4 heteroatoms. The summed E-state index contributed by atoms with van der Waals surface area (Å²) in [5.41, 5.74) is 5.79. The van der Waals surface area contributed by atoms with E-state index in [2.05, 4.69) is 44.9 Å². The Labute approximate surface area is 124 Å². The van der Waals surface area contributed by atoms with Gasteiger partial charge < -0.3 is 11.1 Å². The number of guanidine groups is 1. The summed E-state index contributed by atoms with van der Waals surface area (Å²) in [7, 11) is 0. The summed E-state index contributed by atoms with van der Waals surface area (Å²) >= 11 is 0. The second-order valence-electron chi connectivity index (χ2n) is 5.49. The van der Waals surface area contributed by atoms with E-state index in [4.69, 9.17) is 5.73 Å². The number of hydrogen-bond acceptors (Lipinski definition) is 1. The van der Waals surface area contributed by atoms with E-state index in [9.17, 15) is 0 Å². The van der Waals surface area contributed by atoms with Crippen LogP contribution < -0.4 is 11.1 Å². The van der Waals surface area contributed by atoms with Crippen LogP contribution in [0.3, 0.4) is 0 Å². The highest BCUT2D eigenvalue weighted by molar-refractivity contribution is 14.0. The number of halogens is 1. The molecule has 0 fully saturated rings. The topological polar surface area (TPSA) is 50.4 Å². The van der Waals surface area contributed by atoms with Gasteiger partial charge in [-0.2, -0.15) is 0 Å². The molecular formula is C13H30IN3. The monoisotopic (exact) mass is 355 g/mol. The Kier molecular flexibility index (Phi) is 12.6. The molecule has 0 aliphatic heterocycles. The minimum atomic E-state index is 0. The lowest BCUT2D eigenvalue weighted by Crippen LogP contribution is -2.38. The van der Waals surface area contributed by atoms with Crippen LogP contribution in [0.15, 0.2) is 4.99 Å². The van der Waals surface area contributed by atoms with E-state index >= 15 is 0 Å². The van der Waals surface area contributed by atoms with Gasteiger partial charge in [0.05, 0.1) is 0 Å². The third-order valence-corrected chi connectivity index (χ3v) is 2.44. The van der Waals surface area contributed by atoms with E-state index in [1.807, 2.05) is 0 Å². The molecule has 0 saturated heterocycles. The number of rotatable bonds is 7. The molecule has 1 unspecified atom stereocenters. The van der Waals surface area contributed by atoms with E-state index in [1.165, 1.54) is 12.8 Å². The maximum Gasteiger partial charge on any atom is 0.188 e. The fourth-order valence-electron chi connectivity index (χ4n) is 1.48. The van der Waals surface area contributed by atoms with Gasteiger partial charge in [-0.15, -0.1) is 24.0 Å². The van der Waals surface area contributed by atoms with Crippen molar-refractivity contribution < 1.29 is 0 Å². The second kappa shape index (κ2) is 11.1. The van der Waals surface area contributed by atoms with E-state index in [0.29, 0.717) is 17.9 Å². The standard InChI is InChI=1S/C13H29N3.HI/c1-10(2)7-6-8-12(5)16-13(14)15-9-11(3)4;/h10-12H,6-9H2,1-5H3,(H3,14,15,16);1H. The Morgan fingerprint density at radius 3 is 2.12 bits per heavy atom. The molecule has 0 aromatic carbocycles. The molecule has 0 aliphatic rings. The third kappa shape index (κ3) is 13.9. The van der Waals surface area contributed by atoms with Crippen LogP contribution in [0, 0.1) is 11.8 Å². The van der Waals surface area contributed by atoms with Crippen LogP contribution in [-0.4, -0.2) is 18.5 Å². The van der Waals surface area contributed by atoms with Crippen molar-refractivity contribution in [3.63, 3.8) is 0 Å². The van der Waals surface area contributed by atoms with Crippen LogP contribution >= 0.6 is 24.0 Å². The van der Waals surface area contributed by atoms with Gasteiger partial charge in [-0.1, -0.05) is 40.5 Å². The van der Waals surface area contributed by atoms with Crippen LogP contribution in [0.25, 0.3) is 0 Å². The molecule has 0 spiro atoms. The normalized spacial score (nSPS) is 13.7. The number of nitrogens with one attached hydrogen (secondary N) is 1. The van der Waals surface area contributed by atoms with Crippen LogP contribution in [0.4, 0.5) is 0 Å². The molecule has 0 aliphatic carbocycles. The molecular weight excluding hydrogens is 325 g/mol. The van der Waals surface area contributed by atoms with Crippen LogP contribution in [-0.2, 0) is 0 Å². The van der Waals surface area contributed by atoms with Gasteiger partial charge in [0.25, 0.3) is 0 Å². The van der Waals surface area contributed by atoms with E-state index in [1.54, 1.807) is 0 Å². The van der Waals surface area contributed by atoms with Gasteiger partial charge in [0.2, 0.25) is 0 Å². The highest BCUT2D eigenvalue weighted by Crippen LogP contribution is 2.07. The minimum absolute atomic E-state index is 0. The van der Waals surface area contributed by atoms with Crippen LogP contribution in [0.1, 0.15) is 53.9 Å². The van der Waals surface area contributed by atoms with Crippen LogP contribution in [0.5, 0.6) is 0 Å². The van der Waals surface area contributed by atoms with Gasteiger partial charge in [0.1, 0.15) is 0 Å². The fourth-order valence-corrected chi connectivity index (χ4v) is 1.48. The molecule has 0 radical (unpaired) electrons. The Hall–Kier alpha value is 0. The van der Waals surface area contributed by atoms with Gasteiger partial charge >= 0.3 is 0 Å². The molecule has 104 valence electrons. The smallest absolute Gasteiger partial charge is 0.188 e. The van der Waals surface area contributed by atoms with Crippen molar-refractivity contribution in [2.24, 2.45) is 22.6 Å². The largest absolute Gasteiger partial charge is 0.370 e. The first-order valence-electron chi connectivity index (χ1n) is 6.48. The third-order valence-electron chi connectivity index (χ3n) is 2.44. The number of aliphatic imine (C=N–C) groups is 1. The van der Waals surface area contributed by atoms with Crippen molar-refractivity contribution in [1.82, 2.24) is 5.32 Å². The predicted octanol–water partition coefficient (Wildman–Crippen LogP) is 3.38. The Balaban J connectivity index is 0. The first-order valence-corrected chi connectivity index (χ1v) is 6.48. The molecule has 0 saturated carbocycles. The first kappa shape index (κ1) is 19.3. The molecule has 0 bridgehead atoms. The minimum Gasteiger partial charge on any atom is -0.370 e. The molecule has 0 amide bonds. The lowest BCUT2D eigenvalue weighted by Gasteiger charge is -2.15. The summed E-state index contributed by atoms with van der Waals surface area (Å²) in [4.78, 5) is 4.29. The summed E-state index contributed by atoms with van der Waals surface area (Å²) in [6.45, 7) is 11.8. The Morgan fingerprint density at radius 2 is 1.65 bits per heavy atom. The molecule has 0 heterocycles. The zero-order valence-corrected chi connectivity index (χ0v) is 14.3. The average Bonchev–Trinajstić information content (AvgIpc) is 2.14.